The quantitative estimate of drug-likeness (QED) is 0.155. The minimum atomic E-state index is -6.59. The van der Waals surface area contributed by atoms with Crippen LogP contribution in [0, 0.1) is 0 Å². The van der Waals surface area contributed by atoms with Crippen LogP contribution >= 0.6 is 7.60 Å². The first-order chi connectivity index (χ1) is 18.2. The lowest BCUT2D eigenvalue weighted by Gasteiger charge is -2.49. The zero-order chi connectivity index (χ0) is 28.5. The standard InChI is InChI=1S/C27H23F6N2O3P/c28-25(29,30)17-24(39(36,37)38,18-26(31,32)33)23-16-35(19-34-23)27(20-10-4-1-5-11-20,21-12-6-2-7-13-21)22-14-8-3-9-15-22/h1-16,19H,17-18H2,(H2,36,37,38)/p-2. The van der Waals surface area contributed by atoms with E-state index in [4.69, 9.17) is 0 Å². The van der Waals surface area contributed by atoms with Crippen molar-refractivity contribution in [2.75, 3.05) is 0 Å². The SMILES string of the molecule is O=P([O-])([O-])C(CC(F)(F)F)(CC(F)(F)F)c1cn(C(c2ccccc2)(c2ccccc2)c2ccccc2)cn1. The molecule has 4 rings (SSSR count). The van der Waals surface area contributed by atoms with Crippen LogP contribution in [0.25, 0.3) is 0 Å². The van der Waals surface area contributed by atoms with E-state index in [0.29, 0.717) is 16.7 Å². The largest absolute Gasteiger partial charge is 0.810 e. The fraction of sp³-hybridized carbons (Fsp3) is 0.222. The second-order valence-corrected chi connectivity index (χ2v) is 10.9. The lowest BCUT2D eigenvalue weighted by molar-refractivity contribution is -0.328. The number of halogens is 6. The molecule has 0 aliphatic heterocycles. The van der Waals surface area contributed by atoms with Crippen LogP contribution in [0.1, 0.15) is 35.2 Å². The first-order valence-corrected chi connectivity index (χ1v) is 13.1. The number of imidazole rings is 1. The van der Waals surface area contributed by atoms with Gasteiger partial charge in [0.15, 0.2) is 0 Å². The third-order valence-corrected chi connectivity index (χ3v) is 8.13. The van der Waals surface area contributed by atoms with Crippen molar-refractivity contribution in [3.05, 3.63) is 126 Å². The molecule has 1 aromatic heterocycles. The van der Waals surface area contributed by atoms with Gasteiger partial charge in [-0.3, -0.25) is 0 Å². The van der Waals surface area contributed by atoms with Crippen molar-refractivity contribution in [1.29, 1.82) is 0 Å². The molecule has 0 bridgehead atoms. The summed E-state index contributed by atoms with van der Waals surface area (Å²) >= 11 is 0. The van der Waals surface area contributed by atoms with Crippen molar-refractivity contribution in [3.8, 4) is 0 Å². The normalized spacial score (nSPS) is 13.4. The second-order valence-electron chi connectivity index (χ2n) is 9.09. The van der Waals surface area contributed by atoms with Crippen molar-refractivity contribution in [2.45, 2.75) is 35.9 Å². The first-order valence-electron chi connectivity index (χ1n) is 11.6. The maximum Gasteiger partial charge on any atom is 0.390 e. The van der Waals surface area contributed by atoms with E-state index in [1.807, 2.05) is 0 Å². The molecular weight excluding hydrogens is 545 g/mol. The Bertz CT molecular complexity index is 1320. The lowest BCUT2D eigenvalue weighted by Crippen LogP contribution is -2.44. The summed E-state index contributed by atoms with van der Waals surface area (Å²) in [5.41, 5.74) is -0.895. The van der Waals surface area contributed by atoms with Gasteiger partial charge in [-0.25, -0.2) is 4.98 Å². The zero-order valence-corrected chi connectivity index (χ0v) is 21.0. The minimum Gasteiger partial charge on any atom is -0.810 e. The molecule has 0 fully saturated rings. The molecule has 3 aromatic carbocycles. The zero-order valence-electron chi connectivity index (χ0n) is 20.1. The minimum absolute atomic E-state index is 0.552. The van der Waals surface area contributed by atoms with Crippen LogP contribution < -0.4 is 9.79 Å². The number of aromatic nitrogens is 2. The maximum atomic E-state index is 13.6. The van der Waals surface area contributed by atoms with Crippen molar-refractivity contribution in [2.24, 2.45) is 0 Å². The van der Waals surface area contributed by atoms with E-state index in [1.165, 1.54) is 4.57 Å². The molecule has 0 aliphatic carbocycles. The highest BCUT2D eigenvalue weighted by atomic mass is 31.2. The van der Waals surface area contributed by atoms with E-state index in [1.54, 1.807) is 91.0 Å². The molecular formula is C27H21F6N2O3P-2. The summed E-state index contributed by atoms with van der Waals surface area (Å²) in [6.07, 6.45) is -14.2. The van der Waals surface area contributed by atoms with Gasteiger partial charge in [-0.05, 0) is 16.7 Å². The molecule has 12 heteroatoms. The van der Waals surface area contributed by atoms with Crippen LogP contribution in [0.2, 0.25) is 0 Å². The van der Waals surface area contributed by atoms with Crippen LogP contribution in [-0.4, -0.2) is 21.9 Å². The Kier molecular flexibility index (Phi) is 7.55. The Hall–Kier alpha value is -3.40. The van der Waals surface area contributed by atoms with E-state index in [2.05, 4.69) is 4.98 Å². The Morgan fingerprint density at radius 2 is 1.03 bits per heavy atom. The van der Waals surface area contributed by atoms with Gasteiger partial charge in [-0.15, -0.1) is 0 Å². The number of hydrogen-bond acceptors (Lipinski definition) is 4. The second kappa shape index (κ2) is 10.3. The van der Waals surface area contributed by atoms with Crippen molar-refractivity contribution in [3.63, 3.8) is 0 Å². The Balaban J connectivity index is 2.08. The van der Waals surface area contributed by atoms with Gasteiger partial charge in [-0.1, -0.05) is 98.6 Å². The van der Waals surface area contributed by atoms with Gasteiger partial charge in [0.1, 0.15) is 5.54 Å². The van der Waals surface area contributed by atoms with Gasteiger partial charge in [0, 0.05) is 6.20 Å². The predicted octanol–water partition coefficient (Wildman–Crippen LogP) is 5.74. The lowest BCUT2D eigenvalue weighted by atomic mass is 9.76. The van der Waals surface area contributed by atoms with Gasteiger partial charge in [0.25, 0.3) is 0 Å². The van der Waals surface area contributed by atoms with Crippen molar-refractivity contribution >= 4 is 7.60 Å². The summed E-state index contributed by atoms with van der Waals surface area (Å²) in [5.74, 6) is 0. The van der Waals surface area contributed by atoms with E-state index >= 15 is 0 Å². The molecule has 0 spiro atoms. The number of rotatable bonds is 8. The van der Waals surface area contributed by atoms with Gasteiger partial charge in [0.2, 0.25) is 0 Å². The molecule has 39 heavy (non-hydrogen) atoms. The number of nitrogens with zero attached hydrogens (tertiary/aromatic N) is 2. The molecule has 0 N–H and O–H groups in total. The average Bonchev–Trinajstić information content (AvgIpc) is 3.35. The number of alkyl halides is 6. The monoisotopic (exact) mass is 566 g/mol. The highest BCUT2D eigenvalue weighted by molar-refractivity contribution is 7.50. The van der Waals surface area contributed by atoms with Crippen LogP contribution in [0.15, 0.2) is 104 Å². The predicted molar refractivity (Wildman–Crippen MR) is 127 cm³/mol. The summed E-state index contributed by atoms with van der Waals surface area (Å²) in [5, 5.41) is -3.91. The Morgan fingerprint density at radius 1 is 0.667 bits per heavy atom. The fourth-order valence-electron chi connectivity index (χ4n) is 4.97. The molecule has 0 saturated carbocycles. The summed E-state index contributed by atoms with van der Waals surface area (Å²) in [6.45, 7) is 0. The molecule has 0 unspecified atom stereocenters. The highest BCUT2D eigenvalue weighted by Gasteiger charge is 2.54. The van der Waals surface area contributed by atoms with Crippen LogP contribution in [-0.2, 0) is 15.3 Å². The average molecular weight is 566 g/mol. The highest BCUT2D eigenvalue weighted by Crippen LogP contribution is 2.60. The fourth-order valence-corrected chi connectivity index (χ4v) is 6.11. The van der Waals surface area contributed by atoms with Crippen LogP contribution in [0.4, 0.5) is 26.3 Å². The van der Waals surface area contributed by atoms with Crippen LogP contribution in [0.5, 0.6) is 0 Å². The van der Waals surface area contributed by atoms with Gasteiger partial charge in [0.05, 0.1) is 30.0 Å². The molecule has 0 saturated heterocycles. The molecule has 4 aromatic rings. The molecule has 0 aliphatic rings. The third-order valence-electron chi connectivity index (χ3n) is 6.53. The smallest absolute Gasteiger partial charge is 0.390 e. The summed E-state index contributed by atoms with van der Waals surface area (Å²) in [4.78, 5) is 28.4. The summed E-state index contributed by atoms with van der Waals surface area (Å²) in [7, 11) is -6.59. The Labute approximate surface area is 219 Å². The molecule has 5 nitrogen and oxygen atoms in total. The van der Waals surface area contributed by atoms with Gasteiger partial charge < -0.3 is 18.9 Å². The van der Waals surface area contributed by atoms with E-state index < -0.39 is 49.2 Å². The first kappa shape index (κ1) is 28.6. The molecule has 1 heterocycles. The molecule has 206 valence electrons. The number of hydrogen-bond donors (Lipinski definition) is 0. The Morgan fingerprint density at radius 3 is 1.33 bits per heavy atom. The molecule has 0 atom stereocenters. The van der Waals surface area contributed by atoms with Gasteiger partial charge in [-0.2, -0.15) is 26.3 Å². The van der Waals surface area contributed by atoms with E-state index in [9.17, 15) is 40.7 Å². The summed E-state index contributed by atoms with van der Waals surface area (Å²) < 4.78 is 95.0. The van der Waals surface area contributed by atoms with Crippen molar-refractivity contribution in [1.82, 2.24) is 9.55 Å². The van der Waals surface area contributed by atoms with Crippen LogP contribution in [0.3, 0.4) is 0 Å². The molecule has 0 radical (unpaired) electrons. The van der Waals surface area contributed by atoms with Crippen molar-refractivity contribution < 1.29 is 40.7 Å². The van der Waals surface area contributed by atoms with E-state index in [0.717, 1.165) is 12.5 Å². The molecule has 0 amide bonds. The summed E-state index contributed by atoms with van der Waals surface area (Å²) in [6, 6.07) is 25.7. The topological polar surface area (TPSA) is 81.0 Å². The maximum absolute atomic E-state index is 13.6. The van der Waals surface area contributed by atoms with Gasteiger partial charge >= 0.3 is 12.4 Å². The van der Waals surface area contributed by atoms with E-state index in [-0.39, 0.29) is 0 Å². The number of benzene rings is 3. The third kappa shape index (κ3) is 5.66.